The Morgan fingerprint density at radius 2 is 1.88 bits per heavy atom. The van der Waals surface area contributed by atoms with E-state index >= 15 is 0 Å². The Labute approximate surface area is 189 Å². The number of pyridine rings is 1. The second kappa shape index (κ2) is 9.09. The number of carbonyl (C=O) groups is 1. The van der Waals surface area contributed by atoms with E-state index in [0.29, 0.717) is 17.8 Å². The monoisotopic (exact) mass is 455 g/mol. The molecule has 0 aliphatic rings. The van der Waals surface area contributed by atoms with Gasteiger partial charge in [0.15, 0.2) is 5.82 Å². The smallest absolute Gasteiger partial charge is 0.352 e. The Hall–Kier alpha value is -3.62. The van der Waals surface area contributed by atoms with Gasteiger partial charge in [0.25, 0.3) is 5.91 Å². The predicted molar refractivity (Wildman–Crippen MR) is 119 cm³/mol. The average Bonchev–Trinajstić information content (AvgIpc) is 3.41. The Kier molecular flexibility index (Phi) is 6.22. The minimum absolute atomic E-state index is 0.0939. The van der Waals surface area contributed by atoms with Crippen LogP contribution in [0.5, 0.6) is 0 Å². The van der Waals surface area contributed by atoms with Crippen LogP contribution in [0.15, 0.2) is 61.1 Å². The number of aryl methyl sites for hydroxylation is 1. The van der Waals surface area contributed by atoms with Crippen molar-refractivity contribution < 1.29 is 18.0 Å². The van der Waals surface area contributed by atoms with E-state index in [1.807, 2.05) is 32.2 Å². The van der Waals surface area contributed by atoms with Crippen LogP contribution < -0.4 is 5.32 Å². The van der Waals surface area contributed by atoms with Crippen molar-refractivity contribution in [1.82, 2.24) is 24.6 Å². The summed E-state index contributed by atoms with van der Waals surface area (Å²) in [4.78, 5) is 16.7. The highest BCUT2D eigenvalue weighted by Gasteiger charge is 2.31. The van der Waals surface area contributed by atoms with Crippen molar-refractivity contribution in [2.75, 3.05) is 6.54 Å². The molecule has 4 aromatic rings. The molecular weight excluding hydrogens is 431 g/mol. The lowest BCUT2D eigenvalue weighted by atomic mass is 10.1. The first-order valence-corrected chi connectivity index (χ1v) is 10.7. The standard InChI is InChI=1S/C24H24F3N5O/c1-16(2)22-19(15-30-32(22)21-9-8-18(14-29-21)24(25,26)27)23(33)28-11-5-12-31-13-10-17-6-3-4-7-20(17)31/h3-4,6-10,13-16H,5,11-12H2,1-2H3,(H,28,33). The fraction of sp³-hybridized carbons (Fsp3) is 0.292. The number of hydrogen-bond donors (Lipinski definition) is 1. The highest BCUT2D eigenvalue weighted by atomic mass is 19.4. The Morgan fingerprint density at radius 1 is 1.09 bits per heavy atom. The molecule has 1 N–H and O–H groups in total. The number of para-hydroxylation sites is 1. The number of alkyl halides is 3. The van der Waals surface area contributed by atoms with Gasteiger partial charge in [-0.05, 0) is 42.0 Å². The topological polar surface area (TPSA) is 64.7 Å². The second-order valence-electron chi connectivity index (χ2n) is 8.09. The summed E-state index contributed by atoms with van der Waals surface area (Å²) >= 11 is 0. The molecule has 0 saturated heterocycles. The van der Waals surface area contributed by atoms with Gasteiger partial charge in [0.1, 0.15) is 0 Å². The lowest BCUT2D eigenvalue weighted by Gasteiger charge is -2.13. The third kappa shape index (κ3) is 4.76. The van der Waals surface area contributed by atoms with Gasteiger partial charge < -0.3 is 9.88 Å². The van der Waals surface area contributed by atoms with Crippen LogP contribution in [-0.2, 0) is 12.7 Å². The summed E-state index contributed by atoms with van der Waals surface area (Å²) in [7, 11) is 0. The molecule has 3 aromatic heterocycles. The molecule has 1 aromatic carbocycles. The molecule has 1 amide bonds. The number of carbonyl (C=O) groups excluding carboxylic acids is 1. The molecule has 9 heteroatoms. The second-order valence-corrected chi connectivity index (χ2v) is 8.09. The van der Waals surface area contributed by atoms with Gasteiger partial charge in [-0.2, -0.15) is 18.3 Å². The zero-order valence-electron chi connectivity index (χ0n) is 18.3. The number of amides is 1. The summed E-state index contributed by atoms with van der Waals surface area (Å²) in [5, 5.41) is 8.33. The van der Waals surface area contributed by atoms with Gasteiger partial charge in [0, 0.05) is 31.0 Å². The Bertz CT molecular complexity index is 1260. The fourth-order valence-corrected chi connectivity index (χ4v) is 3.83. The first-order valence-electron chi connectivity index (χ1n) is 10.7. The third-order valence-corrected chi connectivity index (χ3v) is 5.43. The van der Waals surface area contributed by atoms with E-state index in [0.717, 1.165) is 30.7 Å². The van der Waals surface area contributed by atoms with Crippen LogP contribution in [0.4, 0.5) is 13.2 Å². The minimum atomic E-state index is -4.46. The first-order chi connectivity index (χ1) is 15.8. The summed E-state index contributed by atoms with van der Waals surface area (Å²) < 4.78 is 42.1. The highest BCUT2D eigenvalue weighted by Crippen LogP contribution is 2.29. The number of nitrogens with one attached hydrogen (secondary N) is 1. The van der Waals surface area contributed by atoms with Gasteiger partial charge in [0.05, 0.1) is 23.0 Å². The summed E-state index contributed by atoms with van der Waals surface area (Å²) in [6.07, 6.45) is 0.518. The van der Waals surface area contributed by atoms with Gasteiger partial charge in [0.2, 0.25) is 0 Å². The maximum absolute atomic E-state index is 12.8. The molecule has 0 radical (unpaired) electrons. The predicted octanol–water partition coefficient (Wildman–Crippen LogP) is 5.18. The quantitative estimate of drug-likeness (QED) is 0.391. The lowest BCUT2D eigenvalue weighted by Crippen LogP contribution is -2.26. The third-order valence-electron chi connectivity index (χ3n) is 5.43. The van der Waals surface area contributed by atoms with E-state index < -0.39 is 11.7 Å². The van der Waals surface area contributed by atoms with Crippen molar-refractivity contribution in [2.24, 2.45) is 0 Å². The van der Waals surface area contributed by atoms with E-state index in [-0.39, 0.29) is 17.6 Å². The number of hydrogen-bond acceptors (Lipinski definition) is 3. The Morgan fingerprint density at radius 3 is 2.58 bits per heavy atom. The highest BCUT2D eigenvalue weighted by molar-refractivity contribution is 5.95. The molecule has 0 saturated carbocycles. The van der Waals surface area contributed by atoms with Crippen LogP contribution in [0.25, 0.3) is 16.7 Å². The molecule has 0 atom stereocenters. The fourth-order valence-electron chi connectivity index (χ4n) is 3.83. The van der Waals surface area contributed by atoms with Gasteiger partial charge in [-0.15, -0.1) is 0 Å². The van der Waals surface area contributed by atoms with Crippen LogP contribution in [0.2, 0.25) is 0 Å². The van der Waals surface area contributed by atoms with Crippen LogP contribution in [0.3, 0.4) is 0 Å². The SMILES string of the molecule is CC(C)c1c(C(=O)NCCCn2ccc3ccccc32)cnn1-c1ccc(C(F)(F)F)cn1. The van der Waals surface area contributed by atoms with Gasteiger partial charge in [-0.3, -0.25) is 4.79 Å². The summed E-state index contributed by atoms with van der Waals surface area (Å²) in [5.41, 5.74) is 1.29. The molecule has 0 bridgehead atoms. The molecule has 0 fully saturated rings. The number of nitrogens with zero attached hydrogens (tertiary/aromatic N) is 4. The van der Waals surface area contributed by atoms with E-state index in [4.69, 9.17) is 0 Å². The maximum atomic E-state index is 12.8. The zero-order chi connectivity index (χ0) is 23.6. The normalized spacial score (nSPS) is 11.9. The molecule has 6 nitrogen and oxygen atoms in total. The lowest BCUT2D eigenvalue weighted by molar-refractivity contribution is -0.137. The van der Waals surface area contributed by atoms with Crippen molar-refractivity contribution in [1.29, 1.82) is 0 Å². The average molecular weight is 455 g/mol. The minimum Gasteiger partial charge on any atom is -0.352 e. The molecular formula is C24H24F3N5O. The first kappa shape index (κ1) is 22.6. The van der Waals surface area contributed by atoms with Gasteiger partial charge >= 0.3 is 6.18 Å². The van der Waals surface area contributed by atoms with Crippen molar-refractivity contribution in [3.63, 3.8) is 0 Å². The van der Waals surface area contributed by atoms with Crippen molar-refractivity contribution in [3.8, 4) is 5.82 Å². The molecule has 0 aliphatic heterocycles. The molecule has 3 heterocycles. The van der Waals surface area contributed by atoms with Crippen LogP contribution in [-0.4, -0.2) is 31.8 Å². The van der Waals surface area contributed by atoms with Gasteiger partial charge in [-0.1, -0.05) is 32.0 Å². The molecule has 33 heavy (non-hydrogen) atoms. The summed E-state index contributed by atoms with van der Waals surface area (Å²) in [5.74, 6) is -0.136. The van der Waals surface area contributed by atoms with E-state index in [1.165, 1.54) is 22.3 Å². The van der Waals surface area contributed by atoms with Crippen molar-refractivity contribution in [3.05, 3.63) is 77.9 Å². The number of rotatable bonds is 7. The van der Waals surface area contributed by atoms with Gasteiger partial charge in [-0.25, -0.2) is 9.67 Å². The van der Waals surface area contributed by atoms with E-state index in [1.54, 1.807) is 0 Å². The molecule has 0 aliphatic carbocycles. The molecule has 0 spiro atoms. The largest absolute Gasteiger partial charge is 0.417 e. The van der Waals surface area contributed by atoms with Crippen LogP contribution >= 0.6 is 0 Å². The summed E-state index contributed by atoms with van der Waals surface area (Å²) in [6, 6.07) is 12.4. The number of fused-ring (bicyclic) bond motifs is 1. The summed E-state index contributed by atoms with van der Waals surface area (Å²) in [6.45, 7) is 5.03. The molecule has 4 rings (SSSR count). The van der Waals surface area contributed by atoms with E-state index in [2.05, 4.69) is 38.2 Å². The molecule has 0 unspecified atom stereocenters. The van der Waals surface area contributed by atoms with E-state index in [9.17, 15) is 18.0 Å². The van der Waals surface area contributed by atoms with Crippen molar-refractivity contribution in [2.45, 2.75) is 38.9 Å². The van der Waals surface area contributed by atoms with Crippen LogP contribution in [0.1, 0.15) is 47.8 Å². The number of benzene rings is 1. The zero-order valence-corrected chi connectivity index (χ0v) is 18.3. The number of aromatic nitrogens is 4. The Balaban J connectivity index is 1.44. The number of halogens is 3. The molecule has 172 valence electrons. The van der Waals surface area contributed by atoms with Crippen molar-refractivity contribution >= 4 is 16.8 Å². The maximum Gasteiger partial charge on any atom is 0.417 e. The van der Waals surface area contributed by atoms with Crippen LogP contribution in [0, 0.1) is 0 Å².